The smallest absolute Gasteiger partial charge is 1.00 e. The Bertz CT molecular complexity index is 1980. The number of benzene rings is 4. The average molecular weight is 852 g/mol. The van der Waals surface area contributed by atoms with Gasteiger partial charge in [0.2, 0.25) is 0 Å². The molecule has 0 bridgehead atoms. The molecule has 274 valence electrons. The number of rotatable bonds is 5. The molecule has 2 aliphatic rings. The van der Waals surface area contributed by atoms with Crippen molar-refractivity contribution in [3.05, 3.63) is 148 Å². The van der Waals surface area contributed by atoms with Crippen LogP contribution in [0.3, 0.4) is 0 Å². The van der Waals surface area contributed by atoms with E-state index in [9.17, 15) is 0 Å². The van der Waals surface area contributed by atoms with Gasteiger partial charge in [-0.25, -0.2) is 0 Å². The minimum Gasteiger partial charge on any atom is -1.00 e. The van der Waals surface area contributed by atoms with Gasteiger partial charge in [0.05, 0.1) is 0 Å². The molecule has 52 heavy (non-hydrogen) atoms. The van der Waals surface area contributed by atoms with E-state index < -0.39 is 21.3 Å². The summed E-state index contributed by atoms with van der Waals surface area (Å²) in [6, 6.07) is 27.5. The van der Waals surface area contributed by atoms with Crippen molar-refractivity contribution in [3.63, 3.8) is 0 Å². The topological polar surface area (TPSA) is 0 Å². The third-order valence-corrected chi connectivity index (χ3v) is 19.8. The first-order chi connectivity index (χ1) is 23.3. The van der Waals surface area contributed by atoms with Gasteiger partial charge in [-0.2, -0.15) is 0 Å². The standard InChI is InChI=1S/C23H29.C13H8Cl2.C11H17.2ClH.Zr/c1-14-9-16-11-17-10-15(2)21(23(6,7)8)13-19(17)18(16)12-20(14)22(3,4)5;14-12-5-1-3-10(8-12)7-11-4-2-6-13(15)9-11;1-5-9-6-7-10(8-9)11(2,3)4;;;/h9-13H,1-8H3;1-6,8-9H;7-9H,5H2,1-4H3;2*1H;/q;;;;;+2/p-2. The Hall–Kier alpha value is -1.73. The molecule has 0 radical (unpaired) electrons. The van der Waals surface area contributed by atoms with Crippen LogP contribution in [-0.4, -0.2) is 3.21 Å². The summed E-state index contributed by atoms with van der Waals surface area (Å²) in [5, 5.41) is 1.54. The Labute approximate surface area is 344 Å². The molecule has 2 aliphatic carbocycles. The summed E-state index contributed by atoms with van der Waals surface area (Å²) in [6.07, 6.45) is 6.33. The molecule has 0 nitrogen and oxygen atoms in total. The van der Waals surface area contributed by atoms with Crippen molar-refractivity contribution in [2.24, 2.45) is 11.3 Å². The van der Waals surface area contributed by atoms with E-state index in [-0.39, 0.29) is 41.1 Å². The van der Waals surface area contributed by atoms with Crippen LogP contribution in [0.15, 0.2) is 93.8 Å². The predicted molar refractivity (Wildman–Crippen MR) is 216 cm³/mol. The molecule has 1 atom stereocenters. The largest absolute Gasteiger partial charge is 1.00 e. The van der Waals surface area contributed by atoms with Gasteiger partial charge in [-0.15, -0.1) is 0 Å². The van der Waals surface area contributed by atoms with Crippen LogP contribution >= 0.6 is 23.2 Å². The molecular formula is C47H54Cl4Zr. The molecule has 0 amide bonds. The molecule has 4 aromatic carbocycles. The molecule has 0 aromatic heterocycles. The molecule has 0 aliphatic heterocycles. The van der Waals surface area contributed by atoms with Crippen molar-refractivity contribution in [3.8, 4) is 11.1 Å². The first kappa shape index (κ1) is 43.0. The van der Waals surface area contributed by atoms with E-state index in [0.29, 0.717) is 9.54 Å². The summed E-state index contributed by atoms with van der Waals surface area (Å²) in [5.41, 5.74) is 15.6. The zero-order valence-electron chi connectivity index (χ0n) is 33.0. The van der Waals surface area contributed by atoms with E-state index in [1.807, 2.05) is 12.1 Å². The van der Waals surface area contributed by atoms with E-state index in [2.05, 4.69) is 156 Å². The van der Waals surface area contributed by atoms with E-state index in [1.165, 1.54) is 64.4 Å². The second-order valence-electron chi connectivity index (χ2n) is 17.7. The normalized spacial score (nSPS) is 15.4. The summed E-state index contributed by atoms with van der Waals surface area (Å²) in [4.78, 5) is 0. The Balaban J connectivity index is 0.00000302. The molecule has 5 heteroatoms. The van der Waals surface area contributed by atoms with Crippen LogP contribution in [0, 0.1) is 25.2 Å². The Morgan fingerprint density at radius 1 is 0.635 bits per heavy atom. The van der Waals surface area contributed by atoms with Crippen LogP contribution in [-0.2, 0) is 32.1 Å². The van der Waals surface area contributed by atoms with Crippen molar-refractivity contribution in [1.82, 2.24) is 0 Å². The number of aryl methyl sites for hydroxylation is 2. The van der Waals surface area contributed by atoms with Gasteiger partial charge >= 0.3 is 322 Å². The van der Waals surface area contributed by atoms with Crippen LogP contribution in [0.2, 0.25) is 10.0 Å². The second kappa shape index (κ2) is 15.8. The van der Waals surface area contributed by atoms with Crippen LogP contribution < -0.4 is 24.8 Å². The monoisotopic (exact) mass is 848 g/mol. The van der Waals surface area contributed by atoms with Gasteiger partial charge in [0, 0.05) is 0 Å². The SMILES string of the molecule is CCC1C=C(C(C)(C)C)C=[C]1[Zr+2](=[C](c1cccc(Cl)c1)c1cccc(Cl)c1)[CH]1c2cc(C)c(C(C)(C)C)cc2-c2cc(C(C)(C)C)c(C)cc21.[Cl-].[Cl-]. The summed E-state index contributed by atoms with van der Waals surface area (Å²) in [5.74, 6) is 0.407. The van der Waals surface area contributed by atoms with Crippen molar-refractivity contribution in [2.75, 3.05) is 0 Å². The fourth-order valence-corrected chi connectivity index (χ4v) is 18.5. The van der Waals surface area contributed by atoms with Gasteiger partial charge in [0.1, 0.15) is 0 Å². The fourth-order valence-electron chi connectivity index (χ4n) is 8.43. The third-order valence-electron chi connectivity index (χ3n) is 10.8. The third kappa shape index (κ3) is 8.26. The van der Waals surface area contributed by atoms with Gasteiger partial charge in [-0.05, 0) is 0 Å². The van der Waals surface area contributed by atoms with Gasteiger partial charge in [-0.3, -0.25) is 0 Å². The molecular weight excluding hydrogens is 798 g/mol. The number of allylic oxidation sites excluding steroid dienone is 4. The van der Waals surface area contributed by atoms with Crippen molar-refractivity contribution in [1.29, 1.82) is 0 Å². The quantitative estimate of drug-likeness (QED) is 0.191. The first-order valence-electron chi connectivity index (χ1n) is 18.3. The van der Waals surface area contributed by atoms with Crippen LogP contribution in [0.1, 0.15) is 124 Å². The zero-order chi connectivity index (χ0) is 36.5. The molecule has 6 rings (SSSR count). The molecule has 1 unspecified atom stereocenters. The zero-order valence-corrected chi connectivity index (χ0v) is 38.4. The second-order valence-corrected chi connectivity index (χ2v) is 24.7. The molecule has 0 spiro atoms. The number of hydrogen-bond acceptors (Lipinski definition) is 0. The minimum atomic E-state index is -3.07. The Morgan fingerprint density at radius 2 is 1.08 bits per heavy atom. The number of hydrogen-bond donors (Lipinski definition) is 0. The van der Waals surface area contributed by atoms with E-state index in [0.717, 1.165) is 16.5 Å². The first-order valence-corrected chi connectivity index (χ1v) is 22.9. The van der Waals surface area contributed by atoms with Crippen molar-refractivity contribution >= 4 is 26.4 Å². The van der Waals surface area contributed by atoms with Gasteiger partial charge in [0.15, 0.2) is 0 Å². The average Bonchev–Trinajstić information content (AvgIpc) is 3.57. The van der Waals surface area contributed by atoms with Crippen molar-refractivity contribution in [2.45, 2.75) is 104 Å². The Kier molecular flexibility index (Phi) is 13.1. The number of fused-ring (bicyclic) bond motifs is 3. The van der Waals surface area contributed by atoms with Crippen LogP contribution in [0.4, 0.5) is 0 Å². The fraction of sp³-hybridized carbons (Fsp3) is 0.383. The molecule has 0 saturated carbocycles. The summed E-state index contributed by atoms with van der Waals surface area (Å²) >= 11 is 10.6. The van der Waals surface area contributed by atoms with Gasteiger partial charge in [-0.1, -0.05) is 0 Å². The molecule has 0 heterocycles. The Morgan fingerprint density at radius 3 is 1.44 bits per heavy atom. The van der Waals surface area contributed by atoms with Crippen LogP contribution in [0.25, 0.3) is 11.1 Å². The summed E-state index contributed by atoms with van der Waals surface area (Å²) in [7, 11) is 0. The van der Waals surface area contributed by atoms with E-state index in [1.54, 1.807) is 3.28 Å². The summed E-state index contributed by atoms with van der Waals surface area (Å²) in [6.45, 7) is 28.2. The van der Waals surface area contributed by atoms with Crippen LogP contribution in [0.5, 0.6) is 0 Å². The number of halogens is 4. The molecule has 4 aromatic rings. The van der Waals surface area contributed by atoms with Gasteiger partial charge < -0.3 is 24.8 Å². The molecule has 0 fully saturated rings. The molecule has 0 N–H and O–H groups in total. The van der Waals surface area contributed by atoms with Crippen molar-refractivity contribution < 1.29 is 46.1 Å². The van der Waals surface area contributed by atoms with Gasteiger partial charge in [0.25, 0.3) is 0 Å². The molecule has 0 saturated heterocycles. The maximum Gasteiger partial charge on any atom is -1.00 e. The minimum absolute atomic E-state index is 0. The summed E-state index contributed by atoms with van der Waals surface area (Å²) < 4.78 is 3.45. The van der Waals surface area contributed by atoms with E-state index in [4.69, 9.17) is 23.2 Å². The van der Waals surface area contributed by atoms with E-state index >= 15 is 0 Å². The maximum absolute atomic E-state index is 6.85. The maximum atomic E-state index is 6.85. The predicted octanol–water partition coefficient (Wildman–Crippen LogP) is 8.07.